The first-order valence-corrected chi connectivity index (χ1v) is 32.0. The quantitative estimate of drug-likeness (QED) is 0.0479. The third-order valence-corrected chi connectivity index (χ3v) is 22.9. The number of rotatable bonds is 22. The Hall–Kier alpha value is -0.0800. The van der Waals surface area contributed by atoms with Crippen molar-refractivity contribution >= 4 is 47.0 Å². The molecule has 0 bridgehead atoms. The number of ether oxygens (including phenoxy) is 11. The Morgan fingerprint density at radius 2 is 0.449 bits per heavy atom. The lowest BCUT2D eigenvalue weighted by Crippen LogP contribution is -2.66. The van der Waals surface area contributed by atoms with Crippen molar-refractivity contribution in [2.24, 2.45) is 0 Å². The van der Waals surface area contributed by atoms with Gasteiger partial charge >= 0.3 is 0 Å². The Morgan fingerprint density at radius 3 is 0.719 bits per heavy atom. The first-order chi connectivity index (χ1) is 42.2. The van der Waals surface area contributed by atoms with E-state index in [2.05, 4.69) is 0 Å². The second-order valence-corrected chi connectivity index (χ2v) is 27.5. The zero-order valence-corrected chi connectivity index (χ0v) is 49.8. The lowest BCUT2D eigenvalue weighted by Gasteiger charge is -2.50. The predicted octanol–water partition coefficient (Wildman–Crippen LogP) is -15.6. The second kappa shape index (κ2) is 32.5. The highest BCUT2D eigenvalue weighted by molar-refractivity contribution is 8.01. The van der Waals surface area contributed by atoms with E-state index in [0.29, 0.717) is 47.0 Å². The minimum Gasteiger partial charge on any atom is -0.394 e. The fraction of sp³-hybridized carbons (Fsp3) is 1.00. The molecule has 40 atom stereocenters. The van der Waals surface area contributed by atoms with Crippen molar-refractivity contribution in [2.75, 3.05) is 52.9 Å². The molecule has 0 spiro atoms. The van der Waals surface area contributed by atoms with Gasteiger partial charge in [-0.05, 0) is 0 Å². The van der Waals surface area contributed by atoms with Gasteiger partial charge in [0.25, 0.3) is 0 Å². The minimum atomic E-state index is -2.12. The molecule has 8 rings (SSSR count). The Bertz CT molecular complexity index is 2140. The summed E-state index contributed by atoms with van der Waals surface area (Å²) in [6, 6.07) is 0. The number of aliphatic hydroxyl groups excluding tert-OH is 26. The van der Waals surface area contributed by atoms with Crippen LogP contribution in [0.25, 0.3) is 0 Å². The summed E-state index contributed by atoms with van der Waals surface area (Å²) in [6.07, 6.45) is -58.1. The molecule has 8 aliphatic heterocycles. The molecule has 8 saturated heterocycles. The van der Waals surface area contributed by atoms with Crippen LogP contribution in [0.2, 0.25) is 0 Å². The van der Waals surface area contributed by atoms with E-state index in [-0.39, 0.29) is 0 Å². The van der Waals surface area contributed by atoms with Gasteiger partial charge in [-0.2, -0.15) is 0 Å². The first kappa shape index (κ1) is 74.7. The molecule has 1 unspecified atom stereocenters. The van der Waals surface area contributed by atoms with Crippen LogP contribution in [0.3, 0.4) is 0 Å². The fourth-order valence-electron chi connectivity index (χ4n) is 11.5. The molecule has 8 aliphatic rings. The summed E-state index contributed by atoms with van der Waals surface area (Å²) in [6.45, 7) is -7.19. The van der Waals surface area contributed by atoms with Crippen LogP contribution in [-0.2, 0) is 52.1 Å². The zero-order chi connectivity index (χ0) is 65.4. The average Bonchev–Trinajstić information content (AvgIpc) is 1.20. The van der Waals surface area contributed by atoms with Crippen LogP contribution in [0.1, 0.15) is 0 Å². The van der Waals surface area contributed by atoms with E-state index >= 15 is 0 Å². The van der Waals surface area contributed by atoms with Crippen LogP contribution >= 0.6 is 47.0 Å². The van der Waals surface area contributed by atoms with Crippen LogP contribution in [0, 0.1) is 0 Å². The van der Waals surface area contributed by atoms with E-state index in [4.69, 9.17) is 52.1 Å². The summed E-state index contributed by atoms with van der Waals surface area (Å²) < 4.78 is 62.7. The molecule has 0 aromatic carbocycles. The molecule has 8 fully saturated rings. The van der Waals surface area contributed by atoms with E-state index in [1.165, 1.54) is 0 Å². The van der Waals surface area contributed by atoms with Crippen molar-refractivity contribution in [2.45, 2.75) is 239 Å². The van der Waals surface area contributed by atoms with Crippen molar-refractivity contribution in [3.05, 3.63) is 0 Å². The van der Waals surface area contributed by atoms with Gasteiger partial charge in [-0.25, -0.2) is 0 Å². The smallest absolute Gasteiger partial charge is 0.187 e. The zero-order valence-electron chi connectivity index (χ0n) is 46.5. The molecular weight excluding hydrogens is 1300 g/mol. The standard InChI is InChI=1S/C48H82O37S4/c49-1-9-17(57)18(58)30(70)45(79-9)87-38-14(6-54)76-42(27(67)23(38)63)84-35-11(3-51)81-47(32(72)20(35)60)89-40-16(8-56)78-44(29(69)25(40)65)85-36-12(4-52)82-48(33(73)21(36)61)88-39-15(7-55)77-43(28(68)24(39)64)83-34-10(2-50)80-46(31(71)19(34)59)86-37-13(5-53)75-41(74)26(66)22(37)62/h9-74H,1-8H2/t9-,10-,11-,12-,13-,14-,15-,16-,17-,18+,19-,20-,21-,22-,23-,24-,25-,26-,27-,28-,29-,30-,31-,32-,33-,34-,35-,36-,37-,38-,39-,40-,41?,42+,43+,44+,45+,46+,47+,48+/m1/s1. The first-order valence-electron chi connectivity index (χ1n) is 28.2. The summed E-state index contributed by atoms with van der Waals surface area (Å²) in [7, 11) is 0. The van der Waals surface area contributed by atoms with E-state index in [9.17, 15) is 133 Å². The molecule has 520 valence electrons. The van der Waals surface area contributed by atoms with Crippen LogP contribution in [-0.4, -0.2) is 424 Å². The van der Waals surface area contributed by atoms with Crippen molar-refractivity contribution in [1.29, 1.82) is 0 Å². The second-order valence-electron chi connectivity index (χ2n) is 22.4. The van der Waals surface area contributed by atoms with Crippen LogP contribution in [0.4, 0.5) is 0 Å². The Labute approximate surface area is 521 Å². The van der Waals surface area contributed by atoms with Crippen LogP contribution in [0.5, 0.6) is 0 Å². The molecular formula is C48H82O37S4. The van der Waals surface area contributed by atoms with Gasteiger partial charge in [0.2, 0.25) is 0 Å². The molecule has 89 heavy (non-hydrogen) atoms. The fourth-order valence-corrected chi connectivity index (χ4v) is 17.4. The van der Waals surface area contributed by atoms with E-state index in [0.717, 1.165) is 0 Å². The molecule has 41 heteroatoms. The number of hydrogen-bond donors (Lipinski definition) is 26. The normalized spacial score (nSPS) is 53.6. The van der Waals surface area contributed by atoms with Crippen LogP contribution < -0.4 is 0 Å². The summed E-state index contributed by atoms with van der Waals surface area (Å²) in [4.78, 5) is 0. The number of aliphatic hydroxyl groups is 26. The number of thioether (sulfide) groups is 4. The van der Waals surface area contributed by atoms with Gasteiger partial charge in [0.05, 0.1) is 123 Å². The molecule has 26 N–H and O–H groups in total. The summed E-state index contributed by atoms with van der Waals surface area (Å²) >= 11 is 2.15. The minimum absolute atomic E-state index is 0.493. The maximum atomic E-state index is 11.5. The van der Waals surface area contributed by atoms with Gasteiger partial charge in [-0.15, -0.1) is 47.0 Å². The van der Waals surface area contributed by atoms with E-state index in [1.54, 1.807) is 0 Å². The Kier molecular flexibility index (Phi) is 27.3. The molecule has 8 heterocycles. The van der Waals surface area contributed by atoms with Gasteiger partial charge in [-0.1, -0.05) is 0 Å². The van der Waals surface area contributed by atoms with Gasteiger partial charge in [0, 0.05) is 0 Å². The number of hydrogen-bond acceptors (Lipinski definition) is 41. The average molecular weight is 1380 g/mol. The van der Waals surface area contributed by atoms with Crippen molar-refractivity contribution in [3.8, 4) is 0 Å². The lowest BCUT2D eigenvalue weighted by atomic mass is 9.98. The molecule has 37 nitrogen and oxygen atoms in total. The Morgan fingerprint density at radius 1 is 0.213 bits per heavy atom. The SMILES string of the molecule is OC[C@H]1O[C@@H](S[C@H]2[C@H](O)[C@@H](O)[C@H](O[C@H]3[C@H](O)[C@@H](O)[C@H](S[C@H]4[C@H](O)[C@@H](O)[C@H](O[C@H]5[C@H](O)[C@@H](O)[C@H](S[C@H]6[C@H](O)[C@@H](O)[C@H](O[C@H]7[C@H](O)[C@@H](O)[C@H](S[C@H]8[C@H](O)[C@@H](O)C(O)O[C@@H]8CO)O[C@@H]7CO)O[C@@H]6CO)O[C@@H]5CO)O[C@@H]4CO)O[C@@H]3CO)O[C@@H]2CO)[C@H](O)[C@@H](O)[C@@H]1O. The predicted molar refractivity (Wildman–Crippen MR) is 290 cm³/mol. The van der Waals surface area contributed by atoms with Crippen molar-refractivity contribution in [3.63, 3.8) is 0 Å². The highest BCUT2D eigenvalue weighted by atomic mass is 32.2. The lowest BCUT2D eigenvalue weighted by molar-refractivity contribution is -0.322. The van der Waals surface area contributed by atoms with Gasteiger partial charge < -0.3 is 185 Å². The molecule has 0 amide bonds. The molecule has 0 radical (unpaired) electrons. The van der Waals surface area contributed by atoms with Gasteiger partial charge in [-0.3, -0.25) is 0 Å². The summed E-state index contributed by atoms with van der Waals surface area (Å²) in [5, 5.41) is 274. The molecule has 0 aliphatic carbocycles. The monoisotopic (exact) mass is 1380 g/mol. The van der Waals surface area contributed by atoms with Crippen molar-refractivity contribution in [1.82, 2.24) is 0 Å². The van der Waals surface area contributed by atoms with E-state index < -0.39 is 292 Å². The largest absolute Gasteiger partial charge is 0.394 e. The summed E-state index contributed by atoms with van der Waals surface area (Å²) in [5.74, 6) is 0. The maximum Gasteiger partial charge on any atom is 0.187 e. The topological polar surface area (TPSA) is 628 Å². The van der Waals surface area contributed by atoms with E-state index in [1.807, 2.05) is 0 Å². The third kappa shape index (κ3) is 15.6. The summed E-state index contributed by atoms with van der Waals surface area (Å²) in [5.41, 5.74) is -6.25. The highest BCUT2D eigenvalue weighted by Crippen LogP contribution is 2.45. The highest BCUT2D eigenvalue weighted by Gasteiger charge is 2.59. The third-order valence-electron chi connectivity index (χ3n) is 16.7. The van der Waals surface area contributed by atoms with Crippen molar-refractivity contribution < 1.29 is 185 Å². The van der Waals surface area contributed by atoms with Gasteiger partial charge in [0.1, 0.15) is 144 Å². The van der Waals surface area contributed by atoms with Gasteiger partial charge in [0.15, 0.2) is 25.2 Å². The molecule has 0 aromatic rings. The van der Waals surface area contributed by atoms with Crippen LogP contribution in [0.15, 0.2) is 0 Å². The maximum absolute atomic E-state index is 11.5. The Balaban J connectivity index is 0.850. The molecule has 0 aromatic heterocycles. The molecule has 0 saturated carbocycles.